The highest BCUT2D eigenvalue weighted by Gasteiger charge is 2.49. The Labute approximate surface area is 135 Å². The number of rotatable bonds is 2. The Morgan fingerprint density at radius 3 is 2.55 bits per heavy atom. The third-order valence-electron chi connectivity index (χ3n) is 4.83. The summed E-state index contributed by atoms with van der Waals surface area (Å²) in [6, 6.07) is 10.0. The number of hydrogen-bond acceptors (Lipinski definition) is 2. The van der Waals surface area contributed by atoms with Crippen LogP contribution in [0.2, 0.25) is 0 Å². The third kappa shape index (κ3) is 3.76. The fourth-order valence-electron chi connectivity index (χ4n) is 4.01. The summed E-state index contributed by atoms with van der Waals surface area (Å²) in [5.74, 6) is 0.189. The number of piperidine rings is 1. The lowest BCUT2D eigenvalue weighted by molar-refractivity contribution is -0.144. The quantitative estimate of drug-likeness (QED) is 0.891. The van der Waals surface area contributed by atoms with Gasteiger partial charge in [0.1, 0.15) is 0 Å². The zero-order valence-corrected chi connectivity index (χ0v) is 13.2. The fraction of sp³-hybridized carbons (Fsp3) is 0.625. The molecule has 2 aliphatic rings. The minimum Gasteiger partial charge on any atom is -0.316 e. The second kappa shape index (κ2) is 6.77. The summed E-state index contributed by atoms with van der Waals surface area (Å²) in [4.78, 5) is 1.59. The maximum atomic E-state index is 12.7. The number of nitrogens with zero attached hydrogens (tertiary/aromatic N) is 1. The first-order valence-electron chi connectivity index (χ1n) is 7.53. The Hall–Kier alpha value is -0.780. The first-order valence-corrected chi connectivity index (χ1v) is 7.53. The van der Waals surface area contributed by atoms with Crippen LogP contribution in [0.3, 0.4) is 0 Å². The Morgan fingerprint density at radius 1 is 1.23 bits per heavy atom. The Kier molecular flexibility index (Phi) is 5.41. The summed E-state index contributed by atoms with van der Waals surface area (Å²) in [5, 5.41) is 3.39. The predicted molar refractivity (Wildman–Crippen MR) is 83.5 cm³/mol. The van der Waals surface area contributed by atoms with Crippen molar-refractivity contribution in [3.63, 3.8) is 0 Å². The van der Waals surface area contributed by atoms with Gasteiger partial charge in [-0.1, -0.05) is 30.3 Å². The number of halogens is 4. The lowest BCUT2D eigenvalue weighted by Gasteiger charge is -2.39. The summed E-state index contributed by atoms with van der Waals surface area (Å²) in [7, 11) is 0. The van der Waals surface area contributed by atoms with Crippen molar-refractivity contribution in [3.05, 3.63) is 35.9 Å². The average Bonchev–Trinajstić information content (AvgIpc) is 2.76. The van der Waals surface area contributed by atoms with E-state index < -0.39 is 12.7 Å². The van der Waals surface area contributed by atoms with Gasteiger partial charge in [0.05, 0.1) is 6.54 Å². The standard InChI is InChI=1S/C16H21F3N2.ClH/c17-16(18,19)12-21-9-14(13-5-2-1-3-6-13)15(11-21)7-4-8-20-10-15;/h1-3,5-6,14,20H,4,7-12H2;1H. The number of likely N-dealkylation sites (tertiary alicyclic amines) is 1. The van der Waals surface area contributed by atoms with Crippen LogP contribution in [0, 0.1) is 5.41 Å². The monoisotopic (exact) mass is 334 g/mol. The molecule has 0 amide bonds. The lowest BCUT2D eigenvalue weighted by Crippen LogP contribution is -2.45. The Balaban J connectivity index is 0.00000176. The van der Waals surface area contributed by atoms with E-state index in [2.05, 4.69) is 17.4 Å². The Bertz CT molecular complexity index is 472. The molecule has 0 saturated carbocycles. The van der Waals surface area contributed by atoms with Gasteiger partial charge >= 0.3 is 6.18 Å². The van der Waals surface area contributed by atoms with Crippen molar-refractivity contribution in [1.29, 1.82) is 0 Å². The topological polar surface area (TPSA) is 15.3 Å². The van der Waals surface area contributed by atoms with Gasteiger partial charge in [-0.05, 0) is 24.9 Å². The summed E-state index contributed by atoms with van der Waals surface area (Å²) in [5.41, 5.74) is 1.12. The van der Waals surface area contributed by atoms with Crippen molar-refractivity contribution in [1.82, 2.24) is 10.2 Å². The zero-order chi connectivity index (χ0) is 14.9. The SMILES string of the molecule is Cl.FC(F)(F)CN1CC(c2ccccc2)C2(CCCNC2)C1. The molecule has 0 radical (unpaired) electrons. The van der Waals surface area contributed by atoms with Crippen LogP contribution >= 0.6 is 12.4 Å². The summed E-state index contributed by atoms with van der Waals surface area (Å²) < 4.78 is 38.2. The molecule has 0 aliphatic carbocycles. The van der Waals surface area contributed by atoms with E-state index in [4.69, 9.17) is 0 Å². The number of alkyl halides is 3. The zero-order valence-electron chi connectivity index (χ0n) is 12.4. The van der Waals surface area contributed by atoms with Gasteiger partial charge in [-0.2, -0.15) is 13.2 Å². The molecule has 2 nitrogen and oxygen atoms in total. The van der Waals surface area contributed by atoms with Crippen molar-refractivity contribution >= 4 is 12.4 Å². The van der Waals surface area contributed by atoms with E-state index in [-0.39, 0.29) is 23.7 Å². The molecule has 124 valence electrons. The summed E-state index contributed by atoms with van der Waals surface area (Å²) >= 11 is 0. The largest absolute Gasteiger partial charge is 0.401 e. The molecule has 3 rings (SSSR count). The fourth-order valence-corrected chi connectivity index (χ4v) is 4.01. The minimum atomic E-state index is -4.12. The minimum absolute atomic E-state index is 0. The van der Waals surface area contributed by atoms with Crippen molar-refractivity contribution in [2.24, 2.45) is 5.41 Å². The van der Waals surface area contributed by atoms with Gasteiger partial charge in [0.2, 0.25) is 0 Å². The van der Waals surface area contributed by atoms with Crippen molar-refractivity contribution in [2.45, 2.75) is 24.9 Å². The van der Waals surface area contributed by atoms with Crippen molar-refractivity contribution in [3.8, 4) is 0 Å². The molecule has 2 heterocycles. The van der Waals surface area contributed by atoms with Crippen LogP contribution < -0.4 is 5.32 Å². The van der Waals surface area contributed by atoms with Gasteiger partial charge in [0.25, 0.3) is 0 Å². The van der Waals surface area contributed by atoms with E-state index in [0.29, 0.717) is 13.1 Å². The van der Waals surface area contributed by atoms with Gasteiger partial charge in [-0.3, -0.25) is 4.90 Å². The molecule has 2 fully saturated rings. The highest BCUT2D eigenvalue weighted by molar-refractivity contribution is 5.85. The normalized spacial score (nSPS) is 29.5. The van der Waals surface area contributed by atoms with Gasteiger partial charge < -0.3 is 5.32 Å². The van der Waals surface area contributed by atoms with Gasteiger partial charge in [0.15, 0.2) is 0 Å². The van der Waals surface area contributed by atoms with Crippen LogP contribution in [-0.2, 0) is 0 Å². The lowest BCUT2D eigenvalue weighted by atomic mass is 9.70. The molecule has 2 unspecified atom stereocenters. The van der Waals surface area contributed by atoms with E-state index in [1.807, 2.05) is 18.2 Å². The van der Waals surface area contributed by atoms with Crippen LogP contribution in [-0.4, -0.2) is 43.8 Å². The van der Waals surface area contributed by atoms with E-state index in [9.17, 15) is 13.2 Å². The maximum Gasteiger partial charge on any atom is 0.401 e. The predicted octanol–water partition coefficient (Wildman–Crippen LogP) is 3.44. The highest BCUT2D eigenvalue weighted by Crippen LogP contribution is 2.47. The molecule has 1 aromatic carbocycles. The third-order valence-corrected chi connectivity index (χ3v) is 4.83. The first-order chi connectivity index (χ1) is 9.99. The van der Waals surface area contributed by atoms with E-state index >= 15 is 0 Å². The second-order valence-electron chi connectivity index (χ2n) is 6.39. The smallest absolute Gasteiger partial charge is 0.316 e. The van der Waals surface area contributed by atoms with Crippen molar-refractivity contribution < 1.29 is 13.2 Å². The van der Waals surface area contributed by atoms with Crippen LogP contribution in [0.25, 0.3) is 0 Å². The molecule has 1 aromatic rings. The molecule has 1 N–H and O–H groups in total. The number of nitrogens with one attached hydrogen (secondary N) is 1. The van der Waals surface area contributed by atoms with Crippen LogP contribution in [0.4, 0.5) is 13.2 Å². The first kappa shape index (κ1) is 17.6. The van der Waals surface area contributed by atoms with E-state index in [1.54, 1.807) is 4.90 Å². The molecular formula is C16H22ClF3N2. The van der Waals surface area contributed by atoms with Crippen LogP contribution in [0.15, 0.2) is 30.3 Å². The van der Waals surface area contributed by atoms with Gasteiger partial charge in [-0.15, -0.1) is 12.4 Å². The van der Waals surface area contributed by atoms with Gasteiger partial charge in [0, 0.05) is 31.0 Å². The molecule has 2 saturated heterocycles. The summed E-state index contributed by atoms with van der Waals surface area (Å²) in [6.07, 6.45) is -2.06. The molecule has 1 spiro atoms. The number of hydrogen-bond donors (Lipinski definition) is 1. The molecule has 0 aromatic heterocycles. The number of benzene rings is 1. The summed E-state index contributed by atoms with van der Waals surface area (Å²) in [6.45, 7) is 2.05. The average molecular weight is 335 g/mol. The Morgan fingerprint density at radius 2 is 1.95 bits per heavy atom. The molecule has 22 heavy (non-hydrogen) atoms. The van der Waals surface area contributed by atoms with Crippen LogP contribution in [0.5, 0.6) is 0 Å². The molecule has 6 heteroatoms. The molecule has 2 atom stereocenters. The molecule has 0 bridgehead atoms. The van der Waals surface area contributed by atoms with Crippen LogP contribution in [0.1, 0.15) is 24.3 Å². The van der Waals surface area contributed by atoms with E-state index in [0.717, 1.165) is 25.9 Å². The maximum absolute atomic E-state index is 12.7. The molecule has 2 aliphatic heterocycles. The second-order valence-corrected chi connectivity index (χ2v) is 6.39. The van der Waals surface area contributed by atoms with E-state index in [1.165, 1.54) is 5.56 Å². The van der Waals surface area contributed by atoms with Crippen molar-refractivity contribution in [2.75, 3.05) is 32.7 Å². The highest BCUT2D eigenvalue weighted by atomic mass is 35.5. The molecular weight excluding hydrogens is 313 g/mol. The van der Waals surface area contributed by atoms with Gasteiger partial charge in [-0.25, -0.2) is 0 Å².